The molecule has 2 aromatic rings. The molecule has 7 heteroatoms. The first-order chi connectivity index (χ1) is 11.7. The van der Waals surface area contributed by atoms with E-state index in [1.54, 1.807) is 0 Å². The number of hydrogen-bond donors (Lipinski definition) is 2. The number of amides is 2. The van der Waals surface area contributed by atoms with Crippen molar-refractivity contribution in [2.75, 3.05) is 11.9 Å². The van der Waals surface area contributed by atoms with Crippen LogP contribution in [0.2, 0.25) is 0 Å². The van der Waals surface area contributed by atoms with Crippen molar-refractivity contribution in [1.29, 1.82) is 0 Å². The Morgan fingerprint density at radius 3 is 3.21 bits per heavy atom. The monoisotopic (exact) mass is 327 g/mol. The molecule has 1 aromatic heterocycles. The third-order valence-electron chi connectivity index (χ3n) is 4.45. The number of ether oxygens (including phenoxy) is 1. The summed E-state index contributed by atoms with van der Waals surface area (Å²) < 4.78 is 7.49. The summed E-state index contributed by atoms with van der Waals surface area (Å²) >= 11 is 0. The van der Waals surface area contributed by atoms with Gasteiger partial charge in [0.25, 0.3) is 0 Å². The van der Waals surface area contributed by atoms with Gasteiger partial charge in [0.2, 0.25) is 0 Å². The summed E-state index contributed by atoms with van der Waals surface area (Å²) in [6, 6.07) is 5.47. The highest BCUT2D eigenvalue weighted by Gasteiger charge is 2.25. The lowest BCUT2D eigenvalue weighted by molar-refractivity contribution is 0.244. The Hall–Kier alpha value is -2.57. The Labute approximate surface area is 140 Å². The number of nitrogens with one attached hydrogen (secondary N) is 2. The summed E-state index contributed by atoms with van der Waals surface area (Å²) in [4.78, 5) is 16.8. The lowest BCUT2D eigenvalue weighted by Gasteiger charge is -2.23. The zero-order valence-electron chi connectivity index (χ0n) is 13.7. The smallest absolute Gasteiger partial charge is 0.319 e. The maximum Gasteiger partial charge on any atom is 0.319 e. The minimum Gasteiger partial charge on any atom is -0.493 e. The van der Waals surface area contributed by atoms with E-state index in [-0.39, 0.29) is 12.1 Å². The molecule has 0 saturated heterocycles. The molecule has 0 radical (unpaired) electrons. The van der Waals surface area contributed by atoms with E-state index < -0.39 is 0 Å². The van der Waals surface area contributed by atoms with Crippen LogP contribution in [0, 0.1) is 6.92 Å². The van der Waals surface area contributed by atoms with Gasteiger partial charge in [-0.2, -0.15) is 5.10 Å². The van der Waals surface area contributed by atoms with Gasteiger partial charge in [-0.3, -0.25) is 0 Å². The number of fused-ring (bicyclic) bond motifs is 2. The molecule has 2 amide bonds. The highest BCUT2D eigenvalue weighted by Crippen LogP contribution is 2.28. The molecule has 2 aliphatic heterocycles. The Morgan fingerprint density at radius 2 is 2.29 bits per heavy atom. The summed E-state index contributed by atoms with van der Waals surface area (Å²) in [6.45, 7) is 3.50. The molecule has 0 spiro atoms. The van der Waals surface area contributed by atoms with Crippen LogP contribution in [-0.2, 0) is 13.0 Å². The topological polar surface area (TPSA) is 81.1 Å². The Morgan fingerprint density at radius 1 is 1.38 bits per heavy atom. The molecule has 0 unspecified atom stereocenters. The normalized spacial score (nSPS) is 19.0. The lowest BCUT2D eigenvalue weighted by Crippen LogP contribution is -2.36. The molecule has 7 nitrogen and oxygen atoms in total. The second kappa shape index (κ2) is 6.14. The molecule has 1 atom stereocenters. The van der Waals surface area contributed by atoms with E-state index in [1.807, 2.05) is 29.8 Å². The number of urea groups is 1. The van der Waals surface area contributed by atoms with Crippen molar-refractivity contribution in [3.8, 4) is 5.75 Å². The van der Waals surface area contributed by atoms with Crippen molar-refractivity contribution in [1.82, 2.24) is 20.1 Å². The van der Waals surface area contributed by atoms with Crippen LogP contribution in [0.25, 0.3) is 0 Å². The van der Waals surface area contributed by atoms with Crippen LogP contribution in [-0.4, -0.2) is 27.4 Å². The van der Waals surface area contributed by atoms with Crippen LogP contribution >= 0.6 is 0 Å². The molecule has 0 saturated carbocycles. The van der Waals surface area contributed by atoms with E-state index in [0.717, 1.165) is 67.5 Å². The number of benzene rings is 1. The van der Waals surface area contributed by atoms with Crippen LogP contribution in [0.4, 0.5) is 10.5 Å². The number of hydrogen-bond acceptors (Lipinski definition) is 4. The van der Waals surface area contributed by atoms with Crippen LogP contribution in [0.5, 0.6) is 5.75 Å². The zero-order chi connectivity index (χ0) is 16.5. The van der Waals surface area contributed by atoms with Crippen LogP contribution in [0.1, 0.15) is 42.5 Å². The van der Waals surface area contributed by atoms with E-state index >= 15 is 0 Å². The van der Waals surface area contributed by atoms with Gasteiger partial charge in [0.15, 0.2) is 0 Å². The Bertz CT molecular complexity index is 770. The molecule has 2 N–H and O–H groups in total. The van der Waals surface area contributed by atoms with Gasteiger partial charge in [0.05, 0.1) is 12.6 Å². The predicted octanol–water partition coefficient (Wildman–Crippen LogP) is 2.57. The van der Waals surface area contributed by atoms with Crippen LogP contribution in [0.3, 0.4) is 0 Å². The van der Waals surface area contributed by atoms with Crippen LogP contribution in [0.15, 0.2) is 18.2 Å². The molecule has 3 heterocycles. The third-order valence-corrected chi connectivity index (χ3v) is 4.45. The maximum absolute atomic E-state index is 12.4. The molecule has 126 valence electrons. The first-order valence-electron chi connectivity index (χ1n) is 8.43. The average Bonchev–Trinajstić information content (AvgIpc) is 2.96. The number of rotatable bonds is 2. The largest absolute Gasteiger partial charge is 0.493 e. The lowest BCUT2D eigenvalue weighted by atomic mass is 10.1. The van der Waals surface area contributed by atoms with Crippen molar-refractivity contribution < 1.29 is 9.53 Å². The fraction of sp³-hybridized carbons (Fsp3) is 0.471. The second-order valence-corrected chi connectivity index (χ2v) is 6.31. The molecule has 0 bridgehead atoms. The van der Waals surface area contributed by atoms with Gasteiger partial charge in [-0.15, -0.1) is 0 Å². The predicted molar refractivity (Wildman–Crippen MR) is 89.1 cm³/mol. The first kappa shape index (κ1) is 15.0. The fourth-order valence-electron chi connectivity index (χ4n) is 3.37. The fourth-order valence-corrected chi connectivity index (χ4v) is 3.37. The van der Waals surface area contributed by atoms with Crippen LogP contribution < -0.4 is 15.4 Å². The van der Waals surface area contributed by atoms with Gasteiger partial charge in [-0.1, -0.05) is 0 Å². The molecule has 1 aromatic carbocycles. The Balaban J connectivity index is 1.44. The standard InChI is InChI=1S/C17H21N5O2/c1-11-18-16-14(5-2-8-22(16)21-11)20-17(23)19-13-6-7-15-12(10-13)4-3-9-24-15/h6-7,10,14H,2-5,8-9H2,1H3,(H2,19,20,23)/t14-/m0/s1. The van der Waals surface area contributed by atoms with E-state index in [0.29, 0.717) is 0 Å². The van der Waals surface area contributed by atoms with Crippen molar-refractivity contribution in [2.45, 2.75) is 45.2 Å². The van der Waals surface area contributed by atoms with E-state index in [1.165, 1.54) is 0 Å². The zero-order valence-corrected chi connectivity index (χ0v) is 13.7. The number of nitrogens with zero attached hydrogens (tertiary/aromatic N) is 3. The Kier molecular flexibility index (Phi) is 3.84. The molecule has 2 aliphatic rings. The number of carbonyl (C=O) groups is 1. The molecule has 24 heavy (non-hydrogen) atoms. The molecular formula is C17H21N5O2. The second-order valence-electron chi connectivity index (χ2n) is 6.31. The van der Waals surface area contributed by atoms with Crippen molar-refractivity contribution in [3.05, 3.63) is 35.4 Å². The van der Waals surface area contributed by atoms with Crippen molar-refractivity contribution in [3.63, 3.8) is 0 Å². The maximum atomic E-state index is 12.4. The third kappa shape index (κ3) is 2.93. The summed E-state index contributed by atoms with van der Waals surface area (Å²) in [6.07, 6.45) is 3.86. The molecule has 0 fully saturated rings. The average molecular weight is 327 g/mol. The van der Waals surface area contributed by atoms with Crippen molar-refractivity contribution in [2.24, 2.45) is 0 Å². The highest BCUT2D eigenvalue weighted by molar-refractivity contribution is 5.89. The quantitative estimate of drug-likeness (QED) is 0.888. The molecule has 4 rings (SSSR count). The van der Waals surface area contributed by atoms with Gasteiger partial charge in [-0.05, 0) is 56.4 Å². The molecule has 0 aliphatic carbocycles. The summed E-state index contributed by atoms with van der Waals surface area (Å²) in [5, 5.41) is 10.3. The van der Waals surface area contributed by atoms with Gasteiger partial charge in [0.1, 0.15) is 17.4 Å². The molecular weight excluding hydrogens is 306 g/mol. The SMILES string of the molecule is Cc1nc2n(n1)CCC[C@@H]2NC(=O)Nc1ccc2c(c1)CCCO2. The number of aromatic nitrogens is 3. The summed E-state index contributed by atoms with van der Waals surface area (Å²) in [7, 11) is 0. The van der Waals surface area contributed by atoms with E-state index in [4.69, 9.17) is 4.74 Å². The minimum absolute atomic E-state index is 0.0964. The van der Waals surface area contributed by atoms with Gasteiger partial charge in [-0.25, -0.2) is 14.5 Å². The van der Waals surface area contributed by atoms with Crippen molar-refractivity contribution >= 4 is 11.7 Å². The first-order valence-corrected chi connectivity index (χ1v) is 8.43. The highest BCUT2D eigenvalue weighted by atomic mass is 16.5. The summed E-state index contributed by atoms with van der Waals surface area (Å²) in [5.41, 5.74) is 1.93. The van der Waals surface area contributed by atoms with Gasteiger partial charge >= 0.3 is 6.03 Å². The number of carbonyl (C=O) groups excluding carboxylic acids is 1. The van der Waals surface area contributed by atoms with E-state index in [9.17, 15) is 4.79 Å². The number of aryl methyl sites for hydroxylation is 3. The van der Waals surface area contributed by atoms with Gasteiger partial charge < -0.3 is 15.4 Å². The summed E-state index contributed by atoms with van der Waals surface area (Å²) in [5.74, 6) is 2.50. The number of anilines is 1. The van der Waals surface area contributed by atoms with Gasteiger partial charge in [0, 0.05) is 12.2 Å². The minimum atomic E-state index is -0.217. The van der Waals surface area contributed by atoms with E-state index in [2.05, 4.69) is 20.7 Å².